The lowest BCUT2D eigenvalue weighted by atomic mass is 10.1. The van der Waals surface area contributed by atoms with E-state index >= 15 is 4.39 Å². The van der Waals surface area contributed by atoms with E-state index in [2.05, 4.69) is 15.3 Å². The van der Waals surface area contributed by atoms with Gasteiger partial charge in [-0.15, -0.1) is 11.3 Å². The third-order valence-electron chi connectivity index (χ3n) is 6.74. The molecule has 0 spiro atoms. The Balaban J connectivity index is 1.86. The van der Waals surface area contributed by atoms with Gasteiger partial charge in [0, 0.05) is 34.8 Å². The minimum absolute atomic E-state index is 0.0127. The van der Waals surface area contributed by atoms with Crippen LogP contribution < -0.4 is 21.3 Å². The van der Waals surface area contributed by atoms with Crippen LogP contribution in [0.2, 0.25) is 0 Å². The first-order valence-corrected chi connectivity index (χ1v) is 13.9. The first-order valence-electron chi connectivity index (χ1n) is 13.1. The number of nitrogens with one attached hydrogen (secondary N) is 1. The molecule has 4 aromatic heterocycles. The molecule has 45 heavy (non-hydrogen) atoms. The first kappa shape index (κ1) is 31.3. The highest BCUT2D eigenvalue weighted by molar-refractivity contribution is 7.22. The van der Waals surface area contributed by atoms with Crippen LogP contribution in [-0.2, 0) is 19.3 Å². The topological polar surface area (TPSA) is 132 Å². The maximum atomic E-state index is 15.1. The minimum atomic E-state index is -4.93. The van der Waals surface area contributed by atoms with Gasteiger partial charge in [-0.05, 0) is 50.0 Å². The van der Waals surface area contributed by atoms with E-state index in [1.165, 1.54) is 37.7 Å². The zero-order chi connectivity index (χ0) is 32.6. The number of rotatable bonds is 8. The van der Waals surface area contributed by atoms with E-state index in [1.54, 1.807) is 25.1 Å². The summed E-state index contributed by atoms with van der Waals surface area (Å²) < 4.78 is 63.8. The van der Waals surface area contributed by atoms with Crippen molar-refractivity contribution in [1.29, 1.82) is 0 Å². The van der Waals surface area contributed by atoms with E-state index in [4.69, 9.17) is 9.84 Å². The maximum Gasteiger partial charge on any atom is 0.416 e. The van der Waals surface area contributed by atoms with Crippen LogP contribution in [0.15, 0.2) is 64.4 Å². The molecule has 0 atom stereocenters. The molecule has 0 aliphatic heterocycles. The van der Waals surface area contributed by atoms with Gasteiger partial charge in [0.2, 0.25) is 5.88 Å². The molecule has 2 N–H and O–H groups in total. The lowest BCUT2D eigenvalue weighted by Gasteiger charge is -2.17. The molecule has 5 aromatic rings. The number of thiophene rings is 1. The Morgan fingerprint density at radius 3 is 2.40 bits per heavy atom. The van der Waals surface area contributed by atoms with Crippen molar-refractivity contribution >= 4 is 33.5 Å². The van der Waals surface area contributed by atoms with Crippen LogP contribution in [0.5, 0.6) is 5.88 Å². The van der Waals surface area contributed by atoms with Gasteiger partial charge in [-0.2, -0.15) is 13.2 Å². The summed E-state index contributed by atoms with van der Waals surface area (Å²) in [7, 11) is 4.85. The van der Waals surface area contributed by atoms with E-state index in [-0.39, 0.29) is 34.1 Å². The van der Waals surface area contributed by atoms with Gasteiger partial charge in [0.25, 0.3) is 5.56 Å². The van der Waals surface area contributed by atoms with Gasteiger partial charge in [-0.25, -0.2) is 28.5 Å². The first-order chi connectivity index (χ1) is 21.3. The monoisotopic (exact) mass is 644 g/mol. The van der Waals surface area contributed by atoms with Crippen LogP contribution in [-0.4, -0.2) is 56.4 Å². The van der Waals surface area contributed by atoms with E-state index in [0.717, 1.165) is 38.7 Å². The number of benzene rings is 1. The molecule has 0 bridgehead atoms. The fourth-order valence-electron chi connectivity index (χ4n) is 4.82. The lowest BCUT2D eigenvalue weighted by Crippen LogP contribution is -2.39. The average molecular weight is 645 g/mol. The Bertz CT molecular complexity index is 2020. The molecule has 1 amide bonds. The van der Waals surface area contributed by atoms with Crippen LogP contribution in [0, 0.1) is 5.82 Å². The number of amides is 1. The Morgan fingerprint density at radius 2 is 1.82 bits per heavy atom. The molecule has 1 aromatic carbocycles. The van der Waals surface area contributed by atoms with Crippen molar-refractivity contribution in [1.82, 2.24) is 24.0 Å². The number of nitrogens with zero attached hydrogens (tertiary/aromatic N) is 5. The molecule has 16 heteroatoms. The summed E-state index contributed by atoms with van der Waals surface area (Å²) in [6, 6.07) is 8.27. The number of fused-ring (bicyclic) bond motifs is 1. The summed E-state index contributed by atoms with van der Waals surface area (Å²) in [4.78, 5) is 49.6. The quantitative estimate of drug-likeness (QED) is 0.225. The average Bonchev–Trinajstić information content (AvgIpc) is 3.34. The summed E-state index contributed by atoms with van der Waals surface area (Å²) in [5, 5.41) is 11.2. The molecule has 11 nitrogen and oxygen atoms in total. The fourth-order valence-corrected chi connectivity index (χ4v) is 6.10. The lowest BCUT2D eigenvalue weighted by molar-refractivity contribution is -0.138. The van der Waals surface area contributed by atoms with Gasteiger partial charge >= 0.3 is 18.0 Å². The maximum absolute atomic E-state index is 15.1. The molecule has 5 rings (SSSR count). The van der Waals surface area contributed by atoms with Gasteiger partial charge in [-0.1, -0.05) is 6.07 Å². The largest absolute Gasteiger partial charge is 0.481 e. The molecular formula is C29H24F4N6O5S. The van der Waals surface area contributed by atoms with Crippen molar-refractivity contribution in [3.8, 4) is 22.0 Å². The summed E-state index contributed by atoms with van der Waals surface area (Å²) in [6.07, 6.45) is -3.68. The predicted molar refractivity (Wildman–Crippen MR) is 159 cm³/mol. The number of aromatic nitrogens is 4. The number of carboxylic acid groups (broad SMARTS) is 1. The van der Waals surface area contributed by atoms with E-state index in [1.807, 2.05) is 0 Å². The molecular weight excluding hydrogens is 620 g/mol. The van der Waals surface area contributed by atoms with Crippen molar-refractivity contribution in [3.63, 3.8) is 0 Å². The Morgan fingerprint density at radius 1 is 1.07 bits per heavy atom. The van der Waals surface area contributed by atoms with Crippen molar-refractivity contribution in [2.24, 2.45) is 0 Å². The third-order valence-corrected chi connectivity index (χ3v) is 8.04. The molecule has 4 heterocycles. The minimum Gasteiger partial charge on any atom is -0.481 e. The van der Waals surface area contributed by atoms with Gasteiger partial charge in [0.1, 0.15) is 16.5 Å². The van der Waals surface area contributed by atoms with Gasteiger partial charge in [0.15, 0.2) is 0 Å². The van der Waals surface area contributed by atoms with Gasteiger partial charge in [-0.3, -0.25) is 14.7 Å². The Hall–Kier alpha value is -5.09. The number of ether oxygens (including phenoxy) is 1. The summed E-state index contributed by atoms with van der Waals surface area (Å²) in [6.45, 7) is -0.686. The molecule has 0 saturated carbocycles. The van der Waals surface area contributed by atoms with Crippen LogP contribution in [0.3, 0.4) is 0 Å². The van der Waals surface area contributed by atoms with E-state index in [0.29, 0.717) is 16.0 Å². The van der Waals surface area contributed by atoms with E-state index in [9.17, 15) is 27.6 Å². The highest BCUT2D eigenvalue weighted by Gasteiger charge is 2.35. The summed E-state index contributed by atoms with van der Waals surface area (Å²) in [5.41, 5.74) is -2.93. The second-order valence-electron chi connectivity index (χ2n) is 10.0. The smallest absolute Gasteiger partial charge is 0.416 e. The number of hydrogen-bond acceptors (Lipinski definition) is 8. The highest BCUT2D eigenvalue weighted by atomic mass is 32.1. The Labute approximate surface area is 255 Å². The number of methoxy groups -OCH3 is 1. The van der Waals surface area contributed by atoms with Gasteiger partial charge < -0.3 is 14.7 Å². The number of alkyl halides is 3. The Kier molecular flexibility index (Phi) is 8.44. The van der Waals surface area contributed by atoms with Gasteiger partial charge in [0.05, 0.1) is 36.5 Å². The number of hydrogen-bond donors (Lipinski definition) is 2. The second-order valence-corrected chi connectivity index (χ2v) is 11.0. The predicted octanol–water partition coefficient (Wildman–Crippen LogP) is 5.04. The third kappa shape index (κ3) is 6.14. The van der Waals surface area contributed by atoms with Crippen molar-refractivity contribution in [3.05, 3.63) is 98.2 Å². The van der Waals surface area contributed by atoms with Crippen LogP contribution in [0.25, 0.3) is 26.3 Å². The number of carbonyl (C=O) groups is 1. The molecule has 0 aliphatic rings. The number of pyridine rings is 2. The van der Waals surface area contributed by atoms with E-state index < -0.39 is 47.0 Å². The van der Waals surface area contributed by atoms with Crippen molar-refractivity contribution in [2.45, 2.75) is 19.3 Å². The SMILES string of the molecule is COc1ccc(-n2c(=O)c3c(CN(C)C)c(-c4ccc(NC(=O)O)nc4)sc3n(Cc3c(F)cccc3C(F)(F)F)c2=O)cn1. The molecule has 0 radical (unpaired) electrons. The van der Waals surface area contributed by atoms with Crippen LogP contribution in [0.4, 0.5) is 28.2 Å². The van der Waals surface area contributed by atoms with Crippen molar-refractivity contribution in [2.75, 3.05) is 26.5 Å². The molecule has 0 aliphatic carbocycles. The zero-order valence-electron chi connectivity index (χ0n) is 23.8. The summed E-state index contributed by atoms with van der Waals surface area (Å²) in [5.74, 6) is -0.953. The fraction of sp³-hybridized carbons (Fsp3) is 0.207. The number of anilines is 1. The second kappa shape index (κ2) is 12.1. The zero-order valence-corrected chi connectivity index (χ0v) is 24.7. The van der Waals surface area contributed by atoms with Crippen molar-refractivity contribution < 1.29 is 32.2 Å². The normalized spacial score (nSPS) is 11.7. The van der Waals surface area contributed by atoms with Crippen LogP contribution in [0.1, 0.15) is 16.7 Å². The number of halogens is 4. The molecule has 0 unspecified atom stereocenters. The molecule has 234 valence electrons. The highest BCUT2D eigenvalue weighted by Crippen LogP contribution is 2.39. The standard InChI is InChI=1S/C29H24F4N6O5S/c1-37(2)13-18-23-25(40)39(16-8-10-22(44-3)35-12-16)28(43)38(14-17-19(29(31,32)33)5-4-6-20(17)30)26(23)45-24(18)15-7-9-21(34-11-15)36-27(41)42/h4-12H,13-14H2,1-3H3,(H,34,36)(H,41,42). The van der Waals surface area contributed by atoms with Crippen LogP contribution >= 0.6 is 11.3 Å². The molecule has 0 fully saturated rings. The molecule has 0 saturated heterocycles. The summed E-state index contributed by atoms with van der Waals surface area (Å²) >= 11 is 0.949.